The number of nitrogens with one attached hydrogen (secondary N) is 1. The van der Waals surface area contributed by atoms with E-state index >= 15 is 0 Å². The molecule has 0 radical (unpaired) electrons. The van der Waals surface area contributed by atoms with E-state index in [0.29, 0.717) is 13.0 Å². The lowest BCUT2D eigenvalue weighted by molar-refractivity contribution is -0.116. The van der Waals surface area contributed by atoms with E-state index in [1.807, 2.05) is 24.3 Å². The van der Waals surface area contributed by atoms with Crippen molar-refractivity contribution in [3.05, 3.63) is 24.3 Å². The highest BCUT2D eigenvalue weighted by Gasteiger charge is 2.08. The molecule has 0 saturated carbocycles. The molecule has 106 valence electrons. The van der Waals surface area contributed by atoms with Gasteiger partial charge in [0.1, 0.15) is 5.75 Å². The highest BCUT2D eigenvalue weighted by Crippen LogP contribution is 2.16. The summed E-state index contributed by atoms with van der Waals surface area (Å²) in [7, 11) is 0. The molecule has 1 unspecified atom stereocenters. The molecule has 19 heavy (non-hydrogen) atoms. The van der Waals surface area contributed by atoms with E-state index < -0.39 is 0 Å². The average molecular weight is 264 g/mol. The van der Waals surface area contributed by atoms with Crippen LogP contribution in [0.5, 0.6) is 5.75 Å². The molecule has 1 aromatic carbocycles. The second-order valence-corrected chi connectivity index (χ2v) is 4.67. The van der Waals surface area contributed by atoms with Gasteiger partial charge < -0.3 is 15.8 Å². The molecule has 0 heterocycles. The van der Waals surface area contributed by atoms with Crippen molar-refractivity contribution in [1.82, 2.24) is 0 Å². The van der Waals surface area contributed by atoms with Gasteiger partial charge in [-0.2, -0.15) is 0 Å². The second-order valence-electron chi connectivity index (χ2n) is 4.67. The van der Waals surface area contributed by atoms with Crippen molar-refractivity contribution in [2.75, 3.05) is 11.9 Å². The average Bonchev–Trinajstić information content (AvgIpc) is 2.38. The molecule has 4 nitrogen and oxygen atoms in total. The fourth-order valence-electron chi connectivity index (χ4n) is 1.78. The fourth-order valence-corrected chi connectivity index (χ4v) is 1.78. The SMILES string of the molecule is CCCOc1ccc(NC(=O)CC(N)CCC)cc1. The minimum atomic E-state index is -0.0582. The molecule has 0 aliphatic carbocycles. The lowest BCUT2D eigenvalue weighted by Gasteiger charge is -2.11. The predicted molar refractivity (Wildman–Crippen MR) is 78.4 cm³/mol. The lowest BCUT2D eigenvalue weighted by atomic mass is 10.1. The highest BCUT2D eigenvalue weighted by atomic mass is 16.5. The van der Waals surface area contributed by atoms with E-state index in [0.717, 1.165) is 30.7 Å². The third kappa shape index (κ3) is 6.25. The molecule has 0 saturated heterocycles. The Morgan fingerprint density at radius 3 is 2.53 bits per heavy atom. The van der Waals surface area contributed by atoms with E-state index in [1.54, 1.807) is 0 Å². The topological polar surface area (TPSA) is 64.3 Å². The van der Waals surface area contributed by atoms with Gasteiger partial charge in [0.2, 0.25) is 5.91 Å². The van der Waals surface area contributed by atoms with Crippen LogP contribution in [-0.4, -0.2) is 18.6 Å². The molecule has 0 spiro atoms. The van der Waals surface area contributed by atoms with Gasteiger partial charge in [0.25, 0.3) is 0 Å². The van der Waals surface area contributed by atoms with Gasteiger partial charge in [-0.15, -0.1) is 0 Å². The van der Waals surface area contributed by atoms with Gasteiger partial charge in [-0.3, -0.25) is 4.79 Å². The maximum Gasteiger partial charge on any atom is 0.225 e. The van der Waals surface area contributed by atoms with Crippen LogP contribution in [0.3, 0.4) is 0 Å². The quantitative estimate of drug-likeness (QED) is 0.758. The van der Waals surface area contributed by atoms with Gasteiger partial charge in [-0.25, -0.2) is 0 Å². The first-order valence-corrected chi connectivity index (χ1v) is 6.94. The molecule has 4 heteroatoms. The van der Waals surface area contributed by atoms with E-state index in [4.69, 9.17) is 10.5 Å². The van der Waals surface area contributed by atoms with Gasteiger partial charge in [0.05, 0.1) is 6.61 Å². The molecule has 0 bridgehead atoms. The molecule has 1 aromatic rings. The molecule has 0 aromatic heterocycles. The van der Waals surface area contributed by atoms with Crippen LogP contribution in [-0.2, 0) is 4.79 Å². The number of carbonyl (C=O) groups excluding carboxylic acids is 1. The summed E-state index contributed by atoms with van der Waals surface area (Å²) in [5, 5.41) is 2.84. The van der Waals surface area contributed by atoms with Crippen LogP contribution in [0.4, 0.5) is 5.69 Å². The third-order valence-electron chi connectivity index (χ3n) is 2.72. The van der Waals surface area contributed by atoms with Crippen molar-refractivity contribution in [3.63, 3.8) is 0 Å². The summed E-state index contributed by atoms with van der Waals surface area (Å²) in [6, 6.07) is 7.34. The van der Waals surface area contributed by atoms with Gasteiger partial charge in [-0.05, 0) is 37.1 Å². The van der Waals surface area contributed by atoms with E-state index in [2.05, 4.69) is 19.2 Å². The summed E-state index contributed by atoms with van der Waals surface area (Å²) in [6.07, 6.45) is 3.21. The summed E-state index contributed by atoms with van der Waals surface area (Å²) in [5.74, 6) is 0.783. The molecule has 1 amide bonds. The number of benzene rings is 1. The summed E-state index contributed by atoms with van der Waals surface area (Å²) in [4.78, 5) is 11.7. The standard InChI is InChI=1S/C15H24N2O2/c1-3-5-12(16)11-15(18)17-13-6-8-14(9-7-13)19-10-4-2/h6-9,12H,3-5,10-11,16H2,1-2H3,(H,17,18). The number of hydrogen-bond acceptors (Lipinski definition) is 3. The van der Waals surface area contributed by atoms with Crippen molar-refractivity contribution in [1.29, 1.82) is 0 Å². The maximum atomic E-state index is 11.7. The predicted octanol–water partition coefficient (Wildman–Crippen LogP) is 2.93. The van der Waals surface area contributed by atoms with Crippen LogP contribution < -0.4 is 15.8 Å². The first-order chi connectivity index (χ1) is 9.15. The van der Waals surface area contributed by atoms with E-state index in [9.17, 15) is 4.79 Å². The highest BCUT2D eigenvalue weighted by molar-refractivity contribution is 5.91. The van der Waals surface area contributed by atoms with E-state index in [1.165, 1.54) is 0 Å². The molecule has 1 atom stereocenters. The third-order valence-corrected chi connectivity index (χ3v) is 2.72. The molecular formula is C15H24N2O2. The Morgan fingerprint density at radius 2 is 1.95 bits per heavy atom. The number of nitrogens with two attached hydrogens (primary N) is 1. The molecule has 0 fully saturated rings. The number of hydrogen-bond donors (Lipinski definition) is 2. The number of rotatable bonds is 8. The minimum absolute atomic E-state index is 0.0387. The van der Waals surface area contributed by atoms with Gasteiger partial charge >= 0.3 is 0 Å². The molecule has 0 aliphatic heterocycles. The van der Waals surface area contributed by atoms with Crippen LogP contribution in [0, 0.1) is 0 Å². The Morgan fingerprint density at radius 1 is 1.26 bits per heavy atom. The summed E-state index contributed by atoms with van der Waals surface area (Å²) in [6.45, 7) is 4.83. The normalized spacial score (nSPS) is 11.9. The van der Waals surface area contributed by atoms with Crippen molar-refractivity contribution in [2.24, 2.45) is 5.73 Å². The monoisotopic (exact) mass is 264 g/mol. The zero-order chi connectivity index (χ0) is 14.1. The van der Waals surface area contributed by atoms with Crippen LogP contribution >= 0.6 is 0 Å². The fraction of sp³-hybridized carbons (Fsp3) is 0.533. The van der Waals surface area contributed by atoms with E-state index in [-0.39, 0.29) is 11.9 Å². The van der Waals surface area contributed by atoms with Crippen molar-refractivity contribution >= 4 is 11.6 Å². The Balaban J connectivity index is 2.42. The van der Waals surface area contributed by atoms with Crippen LogP contribution in [0.15, 0.2) is 24.3 Å². The number of ether oxygens (including phenoxy) is 1. The van der Waals surface area contributed by atoms with Crippen LogP contribution in [0.25, 0.3) is 0 Å². The Labute approximate surface area is 115 Å². The largest absolute Gasteiger partial charge is 0.494 e. The number of carbonyl (C=O) groups is 1. The molecule has 3 N–H and O–H groups in total. The van der Waals surface area contributed by atoms with Crippen LogP contribution in [0.1, 0.15) is 39.5 Å². The second kappa shape index (κ2) is 8.53. The number of anilines is 1. The van der Waals surface area contributed by atoms with Crippen molar-refractivity contribution in [3.8, 4) is 5.75 Å². The van der Waals surface area contributed by atoms with Crippen LogP contribution in [0.2, 0.25) is 0 Å². The van der Waals surface area contributed by atoms with Gasteiger partial charge in [0.15, 0.2) is 0 Å². The molecular weight excluding hydrogens is 240 g/mol. The first kappa shape index (κ1) is 15.5. The molecule has 0 aliphatic rings. The number of amides is 1. The summed E-state index contributed by atoms with van der Waals surface area (Å²) < 4.78 is 5.48. The summed E-state index contributed by atoms with van der Waals surface area (Å²) in [5.41, 5.74) is 6.61. The van der Waals surface area contributed by atoms with Crippen molar-refractivity contribution < 1.29 is 9.53 Å². The first-order valence-electron chi connectivity index (χ1n) is 6.94. The zero-order valence-electron chi connectivity index (χ0n) is 11.8. The molecule has 1 rings (SSSR count). The van der Waals surface area contributed by atoms with Gasteiger partial charge in [0, 0.05) is 18.2 Å². The Bertz CT molecular complexity index is 376. The maximum absolute atomic E-state index is 11.7. The zero-order valence-corrected chi connectivity index (χ0v) is 11.8. The lowest BCUT2D eigenvalue weighted by Crippen LogP contribution is -2.26. The summed E-state index contributed by atoms with van der Waals surface area (Å²) >= 11 is 0. The van der Waals surface area contributed by atoms with Crippen molar-refractivity contribution in [2.45, 2.75) is 45.6 Å². The minimum Gasteiger partial charge on any atom is -0.494 e. The van der Waals surface area contributed by atoms with Gasteiger partial charge in [-0.1, -0.05) is 20.3 Å². The smallest absolute Gasteiger partial charge is 0.225 e. The Kier molecular flexibility index (Phi) is 6.97. The Hall–Kier alpha value is -1.55.